The number of hydrogen-bond donors (Lipinski definition) is 2. The van der Waals surface area contributed by atoms with Gasteiger partial charge in [-0.1, -0.05) is 18.2 Å². The summed E-state index contributed by atoms with van der Waals surface area (Å²) < 4.78 is 13.4. The first-order valence-corrected chi connectivity index (χ1v) is 6.46. The number of anilines is 2. The van der Waals surface area contributed by atoms with Crippen LogP contribution < -0.4 is 10.6 Å². The van der Waals surface area contributed by atoms with Crippen molar-refractivity contribution in [3.63, 3.8) is 0 Å². The minimum atomic E-state index is -0.214. The summed E-state index contributed by atoms with van der Waals surface area (Å²) >= 11 is 0. The molecule has 0 saturated heterocycles. The van der Waals surface area contributed by atoms with E-state index in [1.165, 1.54) is 17.2 Å². The summed E-state index contributed by atoms with van der Waals surface area (Å²) in [7, 11) is 0. The van der Waals surface area contributed by atoms with Gasteiger partial charge in [0.25, 0.3) is 0 Å². The summed E-state index contributed by atoms with van der Waals surface area (Å²) in [4.78, 5) is 0. The Bertz CT molecular complexity index is 532. The molecule has 0 bridgehead atoms. The highest BCUT2D eigenvalue weighted by atomic mass is 19.1. The topological polar surface area (TPSA) is 24.1 Å². The summed E-state index contributed by atoms with van der Waals surface area (Å²) in [6.45, 7) is 5.58. The Morgan fingerprint density at radius 2 is 1.53 bits per heavy atom. The van der Waals surface area contributed by atoms with E-state index in [1.54, 1.807) is 12.1 Å². The highest BCUT2D eigenvalue weighted by molar-refractivity contribution is 5.49. The van der Waals surface area contributed by atoms with E-state index >= 15 is 0 Å². The molecule has 0 aliphatic rings. The van der Waals surface area contributed by atoms with Gasteiger partial charge in [0.1, 0.15) is 5.82 Å². The minimum absolute atomic E-state index is 0.214. The van der Waals surface area contributed by atoms with Crippen molar-refractivity contribution in [3.8, 4) is 0 Å². The molecule has 2 N–H and O–H groups in total. The predicted octanol–water partition coefficient (Wildman–Crippen LogP) is 3.97. The monoisotopic (exact) mass is 258 g/mol. The molecule has 0 amide bonds. The Hall–Kier alpha value is -2.03. The zero-order chi connectivity index (χ0) is 13.7. The third-order valence-electron chi connectivity index (χ3n) is 2.87. The lowest BCUT2D eigenvalue weighted by Crippen LogP contribution is -2.14. The van der Waals surface area contributed by atoms with E-state index in [2.05, 4.69) is 42.7 Å². The fourth-order valence-corrected chi connectivity index (χ4v) is 2.09. The molecule has 2 rings (SSSR count). The van der Waals surface area contributed by atoms with Crippen LogP contribution in [0.15, 0.2) is 42.5 Å². The molecule has 0 atom stereocenters. The van der Waals surface area contributed by atoms with Crippen molar-refractivity contribution < 1.29 is 4.39 Å². The van der Waals surface area contributed by atoms with Crippen molar-refractivity contribution in [2.45, 2.75) is 13.8 Å². The highest BCUT2D eigenvalue weighted by Gasteiger charge is 1.99. The fraction of sp³-hybridized carbons (Fsp3) is 0.250. The minimum Gasteiger partial charge on any atom is -0.383 e. The van der Waals surface area contributed by atoms with Gasteiger partial charge in [0.2, 0.25) is 0 Å². The number of hydrogen-bond acceptors (Lipinski definition) is 2. The van der Waals surface area contributed by atoms with Gasteiger partial charge in [-0.15, -0.1) is 0 Å². The van der Waals surface area contributed by atoms with Crippen LogP contribution in [-0.4, -0.2) is 13.1 Å². The molecule has 0 unspecified atom stereocenters. The number of para-hydroxylation sites is 1. The zero-order valence-corrected chi connectivity index (χ0v) is 11.3. The molecule has 2 aromatic carbocycles. The molecule has 3 heteroatoms. The standard InChI is InChI=1S/C16H19FN2/c1-12-9-13(2)11-14(10-12)18-7-8-19-16-6-4-3-5-15(16)17/h3-6,9-11,18-19H,7-8H2,1-2H3. The van der Waals surface area contributed by atoms with Crippen LogP contribution in [0, 0.1) is 19.7 Å². The lowest BCUT2D eigenvalue weighted by molar-refractivity contribution is 0.630. The van der Waals surface area contributed by atoms with Gasteiger partial charge in [-0.05, 0) is 49.2 Å². The number of nitrogens with one attached hydrogen (secondary N) is 2. The van der Waals surface area contributed by atoms with Crippen LogP contribution in [0.5, 0.6) is 0 Å². The number of aryl methyl sites for hydroxylation is 2. The lowest BCUT2D eigenvalue weighted by atomic mass is 10.1. The summed E-state index contributed by atoms with van der Waals surface area (Å²) in [6, 6.07) is 13.1. The molecule has 0 saturated carbocycles. The van der Waals surface area contributed by atoms with Gasteiger partial charge >= 0.3 is 0 Å². The van der Waals surface area contributed by atoms with Crippen LogP contribution in [0.3, 0.4) is 0 Å². The van der Waals surface area contributed by atoms with E-state index in [0.717, 1.165) is 12.2 Å². The Morgan fingerprint density at radius 3 is 2.21 bits per heavy atom. The van der Waals surface area contributed by atoms with Crippen LogP contribution >= 0.6 is 0 Å². The van der Waals surface area contributed by atoms with Crippen LogP contribution in [0.1, 0.15) is 11.1 Å². The molecule has 0 heterocycles. The van der Waals surface area contributed by atoms with Gasteiger partial charge in [-0.3, -0.25) is 0 Å². The van der Waals surface area contributed by atoms with Crippen molar-refractivity contribution >= 4 is 11.4 Å². The van der Waals surface area contributed by atoms with Gasteiger partial charge in [-0.2, -0.15) is 0 Å². The Morgan fingerprint density at radius 1 is 0.895 bits per heavy atom. The van der Waals surface area contributed by atoms with E-state index in [-0.39, 0.29) is 5.82 Å². The van der Waals surface area contributed by atoms with Crippen LogP contribution in [0.4, 0.5) is 15.8 Å². The molecule has 0 aromatic heterocycles. The van der Waals surface area contributed by atoms with E-state index in [4.69, 9.17) is 0 Å². The van der Waals surface area contributed by atoms with E-state index in [0.29, 0.717) is 12.2 Å². The second kappa shape index (κ2) is 6.23. The summed E-state index contributed by atoms with van der Waals surface area (Å²) in [5.41, 5.74) is 4.13. The van der Waals surface area contributed by atoms with Gasteiger partial charge in [0.05, 0.1) is 5.69 Å². The Kier molecular flexibility index (Phi) is 4.39. The second-order valence-corrected chi connectivity index (χ2v) is 4.71. The average molecular weight is 258 g/mol. The largest absolute Gasteiger partial charge is 0.383 e. The maximum atomic E-state index is 13.4. The number of rotatable bonds is 5. The number of halogens is 1. The van der Waals surface area contributed by atoms with Crippen molar-refractivity contribution in [1.29, 1.82) is 0 Å². The molecule has 0 spiro atoms. The quantitative estimate of drug-likeness (QED) is 0.793. The van der Waals surface area contributed by atoms with E-state index in [1.807, 2.05) is 6.07 Å². The molecule has 19 heavy (non-hydrogen) atoms. The molecule has 0 aliphatic heterocycles. The summed E-state index contributed by atoms with van der Waals surface area (Å²) in [6.07, 6.45) is 0. The fourth-order valence-electron chi connectivity index (χ4n) is 2.09. The van der Waals surface area contributed by atoms with E-state index in [9.17, 15) is 4.39 Å². The molecule has 0 fully saturated rings. The van der Waals surface area contributed by atoms with Crippen molar-refractivity contribution in [2.75, 3.05) is 23.7 Å². The van der Waals surface area contributed by atoms with Gasteiger partial charge in [0.15, 0.2) is 0 Å². The molecule has 0 aliphatic carbocycles. The Balaban J connectivity index is 1.82. The maximum Gasteiger partial charge on any atom is 0.146 e. The molecular formula is C16H19FN2. The van der Waals surface area contributed by atoms with Crippen LogP contribution in [0.2, 0.25) is 0 Å². The normalized spacial score (nSPS) is 10.3. The molecule has 100 valence electrons. The zero-order valence-electron chi connectivity index (χ0n) is 11.3. The smallest absolute Gasteiger partial charge is 0.146 e. The SMILES string of the molecule is Cc1cc(C)cc(NCCNc2ccccc2F)c1. The molecule has 0 radical (unpaired) electrons. The van der Waals surface area contributed by atoms with E-state index < -0.39 is 0 Å². The molecular weight excluding hydrogens is 239 g/mol. The van der Waals surface area contributed by atoms with Crippen molar-refractivity contribution in [3.05, 3.63) is 59.4 Å². The second-order valence-electron chi connectivity index (χ2n) is 4.71. The maximum absolute atomic E-state index is 13.4. The first-order valence-electron chi connectivity index (χ1n) is 6.46. The van der Waals surface area contributed by atoms with Crippen LogP contribution in [-0.2, 0) is 0 Å². The van der Waals surface area contributed by atoms with Crippen molar-refractivity contribution in [1.82, 2.24) is 0 Å². The van der Waals surface area contributed by atoms with Crippen molar-refractivity contribution in [2.24, 2.45) is 0 Å². The van der Waals surface area contributed by atoms with Crippen LogP contribution in [0.25, 0.3) is 0 Å². The first-order chi connectivity index (χ1) is 9.15. The first kappa shape index (κ1) is 13.4. The van der Waals surface area contributed by atoms with Gasteiger partial charge < -0.3 is 10.6 Å². The lowest BCUT2D eigenvalue weighted by Gasteiger charge is -2.10. The number of benzene rings is 2. The third-order valence-corrected chi connectivity index (χ3v) is 2.87. The Labute approximate surface area is 113 Å². The molecule has 2 nitrogen and oxygen atoms in total. The molecule has 2 aromatic rings. The summed E-state index contributed by atoms with van der Waals surface area (Å²) in [5.74, 6) is -0.214. The van der Waals surface area contributed by atoms with Gasteiger partial charge in [0, 0.05) is 18.8 Å². The highest BCUT2D eigenvalue weighted by Crippen LogP contribution is 2.14. The third kappa shape index (κ3) is 3.98. The predicted molar refractivity (Wildman–Crippen MR) is 79.3 cm³/mol. The summed E-state index contributed by atoms with van der Waals surface area (Å²) in [5, 5.41) is 6.41. The van der Waals surface area contributed by atoms with Gasteiger partial charge in [-0.25, -0.2) is 4.39 Å². The average Bonchev–Trinajstić information content (AvgIpc) is 2.35.